The molecule has 0 aliphatic carbocycles. The number of likely N-dealkylation sites (tertiary alicyclic amines) is 1. The largest absolute Gasteiger partial charge is 0.363 e. The van der Waals surface area contributed by atoms with E-state index in [1.54, 1.807) is 6.92 Å². The number of rotatable bonds is 7. The van der Waals surface area contributed by atoms with Crippen LogP contribution in [0.4, 0.5) is 5.82 Å². The van der Waals surface area contributed by atoms with E-state index < -0.39 is 10.0 Å². The van der Waals surface area contributed by atoms with E-state index in [9.17, 15) is 13.2 Å². The minimum absolute atomic E-state index is 0.00145. The molecule has 1 aromatic rings. The van der Waals surface area contributed by atoms with Crippen LogP contribution in [0.25, 0.3) is 0 Å². The lowest BCUT2D eigenvalue weighted by Crippen LogP contribution is -2.32. The van der Waals surface area contributed by atoms with Gasteiger partial charge in [0.25, 0.3) is 0 Å². The van der Waals surface area contributed by atoms with Crippen LogP contribution in [0.15, 0.2) is 6.07 Å². The molecule has 1 amide bonds. The number of nitrogens with zero attached hydrogens (tertiary/aromatic N) is 5. The molecule has 26 heavy (non-hydrogen) atoms. The van der Waals surface area contributed by atoms with E-state index in [0.29, 0.717) is 24.6 Å². The van der Waals surface area contributed by atoms with Crippen molar-refractivity contribution >= 4 is 21.7 Å². The summed E-state index contributed by atoms with van der Waals surface area (Å²) in [5.41, 5.74) is 0.789. The number of sulfonamides is 1. The van der Waals surface area contributed by atoms with Crippen LogP contribution in [-0.2, 0) is 21.4 Å². The van der Waals surface area contributed by atoms with E-state index in [2.05, 4.69) is 9.97 Å². The Labute approximate surface area is 156 Å². The van der Waals surface area contributed by atoms with Crippen molar-refractivity contribution < 1.29 is 13.2 Å². The molecule has 1 atom stereocenters. The lowest BCUT2D eigenvalue weighted by Gasteiger charge is -2.22. The molecule has 0 bridgehead atoms. The SMILES string of the molecule is CCS(=O)(=O)N(C)Cc1nc([C@@H]2CC(=O)N(C(C)C)C2)cc(N(C)C)n1. The Morgan fingerprint density at radius 1 is 1.27 bits per heavy atom. The Morgan fingerprint density at radius 3 is 2.42 bits per heavy atom. The summed E-state index contributed by atoms with van der Waals surface area (Å²) in [7, 11) is 1.97. The summed E-state index contributed by atoms with van der Waals surface area (Å²) >= 11 is 0. The molecule has 1 aliphatic rings. The quantitative estimate of drug-likeness (QED) is 0.699. The Balaban J connectivity index is 2.33. The molecule has 9 heteroatoms. The zero-order valence-electron chi connectivity index (χ0n) is 16.4. The van der Waals surface area contributed by atoms with Crippen molar-refractivity contribution in [2.45, 2.75) is 45.7 Å². The molecular formula is C17H29N5O3S. The van der Waals surface area contributed by atoms with E-state index in [1.807, 2.05) is 43.8 Å². The lowest BCUT2D eigenvalue weighted by atomic mass is 10.0. The smallest absolute Gasteiger partial charge is 0.223 e. The zero-order chi connectivity index (χ0) is 19.6. The third-order valence-corrected chi connectivity index (χ3v) is 6.45. The second-order valence-electron chi connectivity index (χ2n) is 7.16. The number of amides is 1. The van der Waals surface area contributed by atoms with Crippen molar-refractivity contribution in [3.63, 3.8) is 0 Å². The van der Waals surface area contributed by atoms with Gasteiger partial charge >= 0.3 is 0 Å². The molecular weight excluding hydrogens is 354 g/mol. The van der Waals surface area contributed by atoms with Gasteiger partial charge < -0.3 is 9.80 Å². The molecule has 0 radical (unpaired) electrons. The van der Waals surface area contributed by atoms with Crippen LogP contribution in [0.1, 0.15) is 44.6 Å². The molecule has 1 aromatic heterocycles. The van der Waals surface area contributed by atoms with Gasteiger partial charge in [-0.05, 0) is 20.8 Å². The van der Waals surface area contributed by atoms with Gasteiger partial charge in [-0.3, -0.25) is 4.79 Å². The number of carbonyl (C=O) groups is 1. The highest BCUT2D eigenvalue weighted by Crippen LogP contribution is 2.30. The Bertz CT molecular complexity index is 764. The molecule has 2 heterocycles. The maximum Gasteiger partial charge on any atom is 0.223 e. The molecule has 8 nitrogen and oxygen atoms in total. The van der Waals surface area contributed by atoms with Gasteiger partial charge in [0, 0.05) is 52.1 Å². The predicted molar refractivity (Wildman–Crippen MR) is 101 cm³/mol. The summed E-state index contributed by atoms with van der Waals surface area (Å²) in [4.78, 5) is 25.0. The average Bonchev–Trinajstić information content (AvgIpc) is 2.96. The van der Waals surface area contributed by atoms with Crippen molar-refractivity contribution in [1.82, 2.24) is 19.2 Å². The standard InChI is InChI=1S/C17H29N5O3S/c1-7-26(24,25)21(6)11-15-18-14(9-16(19-15)20(4)5)13-8-17(23)22(10-13)12(2)3/h9,12-13H,7-8,10-11H2,1-6H3/t13-/m1/s1. The van der Waals surface area contributed by atoms with E-state index in [4.69, 9.17) is 0 Å². The Hall–Kier alpha value is -1.74. The van der Waals surface area contributed by atoms with Crippen molar-refractivity contribution in [3.05, 3.63) is 17.6 Å². The normalized spacial score (nSPS) is 18.2. The third kappa shape index (κ3) is 4.50. The third-order valence-electron chi connectivity index (χ3n) is 4.64. The van der Waals surface area contributed by atoms with Crippen molar-refractivity contribution in [1.29, 1.82) is 0 Å². The molecule has 1 fully saturated rings. The van der Waals surface area contributed by atoms with Crippen LogP contribution < -0.4 is 4.90 Å². The van der Waals surface area contributed by atoms with Gasteiger partial charge in [-0.15, -0.1) is 0 Å². The second-order valence-corrected chi connectivity index (χ2v) is 9.52. The van der Waals surface area contributed by atoms with Gasteiger partial charge in [-0.2, -0.15) is 4.31 Å². The molecule has 0 spiro atoms. The first kappa shape index (κ1) is 20.6. The second kappa shape index (κ2) is 7.87. The van der Waals surface area contributed by atoms with Gasteiger partial charge in [0.15, 0.2) is 0 Å². The lowest BCUT2D eigenvalue weighted by molar-refractivity contribution is -0.129. The highest BCUT2D eigenvalue weighted by Gasteiger charge is 2.33. The maximum absolute atomic E-state index is 12.2. The minimum Gasteiger partial charge on any atom is -0.363 e. The average molecular weight is 384 g/mol. The highest BCUT2D eigenvalue weighted by molar-refractivity contribution is 7.89. The number of anilines is 1. The molecule has 0 saturated carbocycles. The molecule has 0 unspecified atom stereocenters. The van der Waals surface area contributed by atoms with E-state index >= 15 is 0 Å². The summed E-state index contributed by atoms with van der Waals surface area (Å²) in [6.45, 7) is 6.35. The molecule has 0 aromatic carbocycles. The molecule has 1 aliphatic heterocycles. The van der Waals surface area contributed by atoms with Gasteiger partial charge in [-0.1, -0.05) is 0 Å². The van der Waals surface area contributed by atoms with Gasteiger partial charge in [-0.25, -0.2) is 18.4 Å². The van der Waals surface area contributed by atoms with Crippen LogP contribution in [0.5, 0.6) is 0 Å². The van der Waals surface area contributed by atoms with E-state index in [0.717, 1.165) is 5.69 Å². The van der Waals surface area contributed by atoms with Crippen molar-refractivity contribution in [2.24, 2.45) is 0 Å². The highest BCUT2D eigenvalue weighted by atomic mass is 32.2. The number of aromatic nitrogens is 2. The van der Waals surface area contributed by atoms with Crippen LogP contribution in [0.3, 0.4) is 0 Å². The summed E-state index contributed by atoms with van der Waals surface area (Å²) in [5.74, 6) is 1.31. The Morgan fingerprint density at radius 2 is 1.92 bits per heavy atom. The summed E-state index contributed by atoms with van der Waals surface area (Å²) in [6, 6.07) is 2.04. The fourth-order valence-corrected chi connectivity index (χ4v) is 3.71. The van der Waals surface area contributed by atoms with Crippen molar-refractivity contribution in [2.75, 3.05) is 38.3 Å². The van der Waals surface area contributed by atoms with Crippen LogP contribution >= 0.6 is 0 Å². The van der Waals surface area contributed by atoms with Gasteiger partial charge in [0.1, 0.15) is 11.6 Å². The van der Waals surface area contributed by atoms with Crippen molar-refractivity contribution in [3.8, 4) is 0 Å². The van der Waals surface area contributed by atoms with E-state index in [-0.39, 0.29) is 30.2 Å². The summed E-state index contributed by atoms with van der Waals surface area (Å²) in [5, 5.41) is 0. The molecule has 1 saturated heterocycles. The Kier molecular flexibility index (Phi) is 6.23. The number of hydrogen-bond donors (Lipinski definition) is 0. The van der Waals surface area contributed by atoms with Crippen LogP contribution in [0, 0.1) is 0 Å². The maximum atomic E-state index is 12.2. The summed E-state index contributed by atoms with van der Waals surface area (Å²) < 4.78 is 25.3. The van der Waals surface area contributed by atoms with Gasteiger partial charge in [0.2, 0.25) is 15.9 Å². The van der Waals surface area contributed by atoms with Crippen LogP contribution in [-0.4, -0.2) is 73.0 Å². The number of carbonyl (C=O) groups excluding carboxylic acids is 1. The molecule has 0 N–H and O–H groups in total. The van der Waals surface area contributed by atoms with Crippen LogP contribution in [0.2, 0.25) is 0 Å². The molecule has 2 rings (SSSR count). The zero-order valence-corrected chi connectivity index (χ0v) is 17.2. The summed E-state index contributed by atoms with van der Waals surface area (Å²) in [6.07, 6.45) is 0.421. The minimum atomic E-state index is -3.31. The van der Waals surface area contributed by atoms with E-state index in [1.165, 1.54) is 11.4 Å². The first-order valence-corrected chi connectivity index (χ1v) is 10.4. The fraction of sp³-hybridized carbons (Fsp3) is 0.706. The van der Waals surface area contributed by atoms with Gasteiger partial charge in [0.05, 0.1) is 18.0 Å². The predicted octanol–water partition coefficient (Wildman–Crippen LogP) is 1.05. The topological polar surface area (TPSA) is 86.7 Å². The fourth-order valence-electron chi connectivity index (χ4n) is 2.96. The monoisotopic (exact) mass is 383 g/mol. The first-order valence-electron chi connectivity index (χ1n) is 8.83. The first-order chi connectivity index (χ1) is 12.0. The molecule has 146 valence electrons. The number of hydrogen-bond acceptors (Lipinski definition) is 6.